The van der Waals surface area contributed by atoms with E-state index < -0.39 is 0 Å². The first-order valence-electron chi connectivity index (χ1n) is 8.51. The number of hydrogen-bond donors (Lipinski definition) is 1. The quantitative estimate of drug-likeness (QED) is 0.653. The Morgan fingerprint density at radius 3 is 2.19 bits per heavy atom. The van der Waals surface area contributed by atoms with Crippen LogP contribution in [0.15, 0.2) is 48.5 Å². The van der Waals surface area contributed by atoms with Crippen molar-refractivity contribution in [2.45, 2.75) is 39.4 Å². The fourth-order valence-electron chi connectivity index (χ4n) is 2.57. The lowest BCUT2D eigenvalue weighted by Crippen LogP contribution is -2.35. The van der Waals surface area contributed by atoms with Crippen LogP contribution in [0.3, 0.4) is 0 Å². The van der Waals surface area contributed by atoms with E-state index in [0.29, 0.717) is 23.1 Å². The zero-order chi connectivity index (χ0) is 18.7. The van der Waals surface area contributed by atoms with Gasteiger partial charge >= 0.3 is 0 Å². The summed E-state index contributed by atoms with van der Waals surface area (Å²) in [5.41, 5.74) is 3.61. The number of halogens is 2. The van der Waals surface area contributed by atoms with Crippen LogP contribution >= 0.6 is 23.2 Å². The molecule has 0 atom stereocenters. The van der Waals surface area contributed by atoms with Gasteiger partial charge in [0.1, 0.15) is 11.4 Å². The Morgan fingerprint density at radius 1 is 0.923 bits per heavy atom. The minimum Gasteiger partial charge on any atom is -0.306 e. The minimum absolute atomic E-state index is 0.0101. The molecule has 0 bridgehead atoms. The second-order valence-electron chi connectivity index (χ2n) is 7.20. The van der Waals surface area contributed by atoms with E-state index in [-0.39, 0.29) is 5.54 Å². The molecular weight excluding hydrogens is 367 g/mol. The Balaban J connectivity index is 1.95. The van der Waals surface area contributed by atoms with Gasteiger partial charge in [0.2, 0.25) is 0 Å². The third-order valence-electron chi connectivity index (χ3n) is 3.92. The van der Waals surface area contributed by atoms with Crippen molar-refractivity contribution in [3.63, 3.8) is 0 Å². The highest BCUT2D eigenvalue weighted by atomic mass is 35.5. The van der Waals surface area contributed by atoms with Gasteiger partial charge in [-0.05, 0) is 32.9 Å². The number of nitrogens with zero attached hydrogens (tertiary/aromatic N) is 3. The molecule has 0 radical (unpaired) electrons. The Morgan fingerprint density at radius 2 is 1.58 bits per heavy atom. The largest absolute Gasteiger partial charge is 0.306 e. The van der Waals surface area contributed by atoms with Crippen molar-refractivity contribution in [1.29, 1.82) is 0 Å². The molecule has 4 nitrogen and oxygen atoms in total. The molecule has 0 spiro atoms. The van der Waals surface area contributed by atoms with Crippen LogP contribution in [0.4, 0.5) is 0 Å². The van der Waals surface area contributed by atoms with Gasteiger partial charge in [0.15, 0.2) is 0 Å². The third kappa shape index (κ3) is 4.64. The average molecular weight is 389 g/mol. The first-order valence-corrected chi connectivity index (χ1v) is 9.26. The van der Waals surface area contributed by atoms with Gasteiger partial charge < -0.3 is 5.32 Å². The molecule has 136 valence electrons. The summed E-state index contributed by atoms with van der Waals surface area (Å²) in [7, 11) is 0. The fourth-order valence-corrected chi connectivity index (χ4v) is 3.08. The van der Waals surface area contributed by atoms with Crippen LogP contribution in [0.1, 0.15) is 32.0 Å². The molecule has 6 heteroatoms. The molecule has 3 rings (SSSR count). The van der Waals surface area contributed by atoms with E-state index in [1.165, 1.54) is 0 Å². The summed E-state index contributed by atoms with van der Waals surface area (Å²) in [5, 5.41) is 14.1. The lowest BCUT2D eigenvalue weighted by Gasteiger charge is -2.19. The number of nitrogens with one attached hydrogen (secondary N) is 1. The number of rotatable bonds is 5. The zero-order valence-corrected chi connectivity index (χ0v) is 16.6. The predicted octanol–water partition coefficient (Wildman–Crippen LogP) is 5.19. The summed E-state index contributed by atoms with van der Waals surface area (Å²) in [6, 6.07) is 15.6. The molecule has 0 aliphatic carbocycles. The first-order chi connectivity index (χ1) is 12.3. The maximum absolute atomic E-state index is 6.30. The molecule has 0 amide bonds. The topological polar surface area (TPSA) is 42.7 Å². The molecule has 0 unspecified atom stereocenters. The molecule has 2 aromatic carbocycles. The molecule has 1 heterocycles. The molecule has 0 saturated carbocycles. The minimum atomic E-state index is -0.0101. The normalized spacial score (nSPS) is 11.7. The molecular formula is C20H22Cl2N4. The molecule has 0 fully saturated rings. The van der Waals surface area contributed by atoms with Crippen molar-refractivity contribution in [3.8, 4) is 11.3 Å². The van der Waals surface area contributed by atoms with E-state index in [2.05, 4.69) is 26.1 Å². The van der Waals surface area contributed by atoms with Gasteiger partial charge in [-0.2, -0.15) is 15.0 Å². The summed E-state index contributed by atoms with van der Waals surface area (Å²) in [5.74, 6) is 0. The van der Waals surface area contributed by atoms with Gasteiger partial charge in [0.05, 0.1) is 6.54 Å². The number of benzene rings is 2. The smallest absolute Gasteiger partial charge is 0.117 e. The summed E-state index contributed by atoms with van der Waals surface area (Å²) in [6.45, 7) is 7.44. The van der Waals surface area contributed by atoms with E-state index in [0.717, 1.165) is 22.5 Å². The van der Waals surface area contributed by atoms with Crippen LogP contribution in [0.5, 0.6) is 0 Å². The second kappa shape index (κ2) is 7.78. The maximum Gasteiger partial charge on any atom is 0.117 e. The van der Waals surface area contributed by atoms with Crippen molar-refractivity contribution >= 4 is 23.2 Å². The summed E-state index contributed by atoms with van der Waals surface area (Å²) >= 11 is 12.6. The molecule has 26 heavy (non-hydrogen) atoms. The summed E-state index contributed by atoms with van der Waals surface area (Å²) in [6.07, 6.45) is 0. The van der Waals surface area contributed by atoms with Crippen LogP contribution in [0.2, 0.25) is 10.0 Å². The Hall–Kier alpha value is -1.88. The van der Waals surface area contributed by atoms with E-state index in [1.807, 2.05) is 48.5 Å². The van der Waals surface area contributed by atoms with Crippen LogP contribution in [0, 0.1) is 0 Å². The van der Waals surface area contributed by atoms with E-state index in [4.69, 9.17) is 33.4 Å². The summed E-state index contributed by atoms with van der Waals surface area (Å²) in [4.78, 5) is 1.66. The lowest BCUT2D eigenvalue weighted by molar-refractivity contribution is 0.419. The monoisotopic (exact) mass is 388 g/mol. The van der Waals surface area contributed by atoms with E-state index in [9.17, 15) is 0 Å². The molecule has 0 aliphatic heterocycles. The van der Waals surface area contributed by atoms with Gasteiger partial charge in [-0.3, -0.25) is 0 Å². The van der Waals surface area contributed by atoms with Crippen molar-refractivity contribution in [3.05, 3.63) is 69.8 Å². The SMILES string of the molecule is CC(C)(C)NCc1nn(Cc2c(Cl)cccc2Cl)nc1-c1ccccc1. The van der Waals surface area contributed by atoms with Crippen LogP contribution in [-0.4, -0.2) is 20.5 Å². The second-order valence-corrected chi connectivity index (χ2v) is 8.01. The molecule has 0 aliphatic rings. The highest BCUT2D eigenvalue weighted by Crippen LogP contribution is 2.26. The molecule has 0 saturated heterocycles. The predicted molar refractivity (Wildman–Crippen MR) is 108 cm³/mol. The van der Waals surface area contributed by atoms with Crippen molar-refractivity contribution in [2.75, 3.05) is 0 Å². The molecule has 1 N–H and O–H groups in total. The average Bonchev–Trinajstić information content (AvgIpc) is 3.00. The van der Waals surface area contributed by atoms with Gasteiger partial charge in [0.25, 0.3) is 0 Å². The Labute approximate surface area is 164 Å². The van der Waals surface area contributed by atoms with Crippen LogP contribution in [-0.2, 0) is 13.1 Å². The van der Waals surface area contributed by atoms with E-state index >= 15 is 0 Å². The first kappa shape index (κ1) is 18.9. The fraction of sp³-hybridized carbons (Fsp3) is 0.300. The molecule has 3 aromatic rings. The highest BCUT2D eigenvalue weighted by molar-refractivity contribution is 6.35. The van der Waals surface area contributed by atoms with Gasteiger partial charge in [-0.25, -0.2) is 0 Å². The van der Waals surface area contributed by atoms with Crippen LogP contribution in [0.25, 0.3) is 11.3 Å². The summed E-state index contributed by atoms with van der Waals surface area (Å²) < 4.78 is 0. The third-order valence-corrected chi connectivity index (χ3v) is 4.63. The van der Waals surface area contributed by atoms with E-state index in [1.54, 1.807) is 4.80 Å². The van der Waals surface area contributed by atoms with Crippen molar-refractivity contribution in [1.82, 2.24) is 20.3 Å². The van der Waals surface area contributed by atoms with Crippen LogP contribution < -0.4 is 5.32 Å². The Bertz CT molecular complexity index is 862. The zero-order valence-electron chi connectivity index (χ0n) is 15.1. The van der Waals surface area contributed by atoms with Crippen molar-refractivity contribution < 1.29 is 0 Å². The van der Waals surface area contributed by atoms with Gasteiger partial charge in [-0.1, -0.05) is 59.6 Å². The highest BCUT2D eigenvalue weighted by Gasteiger charge is 2.17. The lowest BCUT2D eigenvalue weighted by atomic mass is 10.1. The standard InChI is InChI=1S/C20H22Cl2N4/c1-20(2,3)23-12-18-19(14-8-5-4-6-9-14)25-26(24-18)13-15-16(21)10-7-11-17(15)22/h4-11,23H,12-13H2,1-3H3. The van der Waals surface area contributed by atoms with Gasteiger partial charge in [-0.15, -0.1) is 0 Å². The van der Waals surface area contributed by atoms with Crippen molar-refractivity contribution in [2.24, 2.45) is 0 Å². The molecule has 1 aromatic heterocycles. The van der Waals surface area contributed by atoms with Gasteiger partial charge in [0, 0.05) is 33.3 Å². The Kier molecular flexibility index (Phi) is 5.66. The number of hydrogen-bond acceptors (Lipinski definition) is 3. The number of aromatic nitrogens is 3. The maximum atomic E-state index is 6.30.